The molecular formula is C24H29N2O4+. The molecule has 1 unspecified atom stereocenters. The lowest BCUT2D eigenvalue weighted by atomic mass is 9.99. The van der Waals surface area contributed by atoms with E-state index in [2.05, 4.69) is 13.8 Å². The maximum Gasteiger partial charge on any atom is 0.303 e. The van der Waals surface area contributed by atoms with Gasteiger partial charge in [-0.2, -0.15) is 0 Å². The van der Waals surface area contributed by atoms with Gasteiger partial charge in [-0.1, -0.05) is 19.9 Å². The van der Waals surface area contributed by atoms with Crippen molar-refractivity contribution in [2.24, 2.45) is 0 Å². The lowest BCUT2D eigenvalue weighted by molar-refractivity contribution is -0.917. The van der Waals surface area contributed by atoms with Crippen LogP contribution >= 0.6 is 0 Å². The topological polar surface area (TPSA) is 60.3 Å². The first-order chi connectivity index (χ1) is 14.4. The monoisotopic (exact) mass is 409 g/mol. The number of ether oxygens (including phenoxy) is 2. The van der Waals surface area contributed by atoms with Crippen LogP contribution in [0.25, 0.3) is 0 Å². The van der Waals surface area contributed by atoms with Crippen molar-refractivity contribution < 1.29 is 24.0 Å². The predicted octanol–water partition coefficient (Wildman–Crippen LogP) is 2.73. The van der Waals surface area contributed by atoms with Crippen molar-refractivity contribution in [2.45, 2.75) is 38.6 Å². The second-order valence-corrected chi connectivity index (χ2v) is 8.36. The number of ketones is 1. The van der Waals surface area contributed by atoms with Crippen LogP contribution in [0.1, 0.15) is 60.1 Å². The number of carbonyl (C=O) groups is 2. The number of quaternary nitrogens is 1. The first-order valence-corrected chi connectivity index (χ1v) is 10.5. The molecule has 2 heterocycles. The Hall–Kier alpha value is -2.86. The number of benzene rings is 2. The van der Waals surface area contributed by atoms with Crippen LogP contribution in [0.15, 0.2) is 36.4 Å². The zero-order chi connectivity index (χ0) is 21.4. The summed E-state index contributed by atoms with van der Waals surface area (Å²) in [6.45, 7) is 5.58. The van der Waals surface area contributed by atoms with Gasteiger partial charge in [0.2, 0.25) is 0 Å². The van der Waals surface area contributed by atoms with Crippen LogP contribution in [0.3, 0.4) is 0 Å². The fraction of sp³-hybridized carbons (Fsp3) is 0.417. The summed E-state index contributed by atoms with van der Waals surface area (Å²) in [4.78, 5) is 28.4. The molecular weight excluding hydrogens is 380 g/mol. The summed E-state index contributed by atoms with van der Waals surface area (Å²) in [6, 6.07) is 11.9. The highest BCUT2D eigenvalue weighted by atomic mass is 16.5. The van der Waals surface area contributed by atoms with Crippen molar-refractivity contribution in [1.29, 1.82) is 0 Å². The Labute approximate surface area is 177 Å². The summed E-state index contributed by atoms with van der Waals surface area (Å²) < 4.78 is 10.9. The van der Waals surface area contributed by atoms with Gasteiger partial charge in [0.05, 0.1) is 37.6 Å². The molecule has 0 spiro atoms. The van der Waals surface area contributed by atoms with E-state index in [0.29, 0.717) is 18.2 Å². The van der Waals surface area contributed by atoms with Crippen LogP contribution < -0.4 is 19.3 Å². The Bertz CT molecular complexity index is 985. The number of nitrogens with one attached hydrogen (secondary N) is 1. The molecule has 0 aliphatic carbocycles. The number of carbonyl (C=O) groups excluding carboxylic acids is 2. The molecule has 2 atom stereocenters. The summed E-state index contributed by atoms with van der Waals surface area (Å²) in [5, 5.41) is 0. The van der Waals surface area contributed by atoms with E-state index in [9.17, 15) is 9.59 Å². The minimum absolute atomic E-state index is 0.202. The highest BCUT2D eigenvalue weighted by Crippen LogP contribution is 2.33. The summed E-state index contributed by atoms with van der Waals surface area (Å²) in [5.74, 6) is 1.04. The highest BCUT2D eigenvalue weighted by Gasteiger charge is 2.41. The fourth-order valence-electron chi connectivity index (χ4n) is 4.62. The maximum absolute atomic E-state index is 12.8. The van der Waals surface area contributed by atoms with Gasteiger partial charge in [-0.3, -0.25) is 14.5 Å². The van der Waals surface area contributed by atoms with Gasteiger partial charge in [0.15, 0.2) is 6.67 Å². The van der Waals surface area contributed by atoms with E-state index in [1.807, 2.05) is 36.4 Å². The van der Waals surface area contributed by atoms with Crippen molar-refractivity contribution in [1.82, 2.24) is 0 Å². The number of nitrogens with zero attached hydrogens (tertiary/aromatic N) is 1. The third-order valence-corrected chi connectivity index (χ3v) is 6.32. The molecule has 6 nitrogen and oxygen atoms in total. The summed E-state index contributed by atoms with van der Waals surface area (Å²) in [5.41, 5.74) is 3.45. The Balaban J connectivity index is 1.62. The number of amides is 1. The number of hydrogen-bond acceptors (Lipinski definition) is 4. The van der Waals surface area contributed by atoms with Crippen molar-refractivity contribution in [3.63, 3.8) is 0 Å². The minimum Gasteiger partial charge on any atom is -0.497 e. The molecule has 30 heavy (non-hydrogen) atoms. The molecule has 6 heteroatoms. The standard InChI is InChI=1S/C24H28N2O4/c1-15(2)16-7-10-21-19(12-16)23(27)24(28)26(21)14-25-11-5-6-20(25)18-9-8-17(29-3)13-22(18)30-4/h7-10,12-13,15,20H,5-6,11,14H2,1-4H3/p+1/t20-/m1/s1. The van der Waals surface area contributed by atoms with Crippen LogP contribution in [0, 0.1) is 0 Å². The quantitative estimate of drug-likeness (QED) is 0.746. The Morgan fingerprint density at radius 3 is 2.60 bits per heavy atom. The van der Waals surface area contributed by atoms with E-state index in [-0.39, 0.29) is 6.04 Å². The van der Waals surface area contributed by atoms with E-state index >= 15 is 0 Å². The number of Topliss-reactive ketones (excluding diaryl/α,β-unsaturated/α-hetero) is 1. The first-order valence-electron chi connectivity index (χ1n) is 10.5. The van der Waals surface area contributed by atoms with Gasteiger partial charge in [-0.15, -0.1) is 0 Å². The van der Waals surface area contributed by atoms with Crippen LogP contribution in [0.5, 0.6) is 11.5 Å². The molecule has 158 valence electrons. The normalized spacial score (nSPS) is 20.8. The van der Waals surface area contributed by atoms with Gasteiger partial charge < -0.3 is 14.4 Å². The summed E-state index contributed by atoms with van der Waals surface area (Å²) >= 11 is 0. The Morgan fingerprint density at radius 1 is 1.10 bits per heavy atom. The van der Waals surface area contributed by atoms with E-state index in [4.69, 9.17) is 9.47 Å². The van der Waals surface area contributed by atoms with Gasteiger partial charge in [0, 0.05) is 18.9 Å². The molecule has 1 N–H and O–H groups in total. The van der Waals surface area contributed by atoms with E-state index in [1.54, 1.807) is 19.1 Å². The van der Waals surface area contributed by atoms with Gasteiger partial charge in [0.1, 0.15) is 17.5 Å². The van der Waals surface area contributed by atoms with Crippen LogP contribution in [0.4, 0.5) is 5.69 Å². The van der Waals surface area contributed by atoms with Crippen molar-refractivity contribution in [2.75, 3.05) is 32.3 Å². The van der Waals surface area contributed by atoms with E-state index < -0.39 is 11.7 Å². The maximum atomic E-state index is 12.8. The number of hydrogen-bond donors (Lipinski definition) is 1. The third-order valence-electron chi connectivity index (χ3n) is 6.32. The summed E-state index contributed by atoms with van der Waals surface area (Å²) in [6.07, 6.45) is 2.07. The number of anilines is 1. The van der Waals surface area contributed by atoms with Crippen LogP contribution in [0.2, 0.25) is 0 Å². The lowest BCUT2D eigenvalue weighted by Gasteiger charge is -2.27. The molecule has 2 aromatic carbocycles. The van der Waals surface area contributed by atoms with Crippen molar-refractivity contribution >= 4 is 17.4 Å². The van der Waals surface area contributed by atoms with Gasteiger partial charge in [-0.05, 0) is 35.7 Å². The minimum atomic E-state index is -0.425. The SMILES string of the molecule is COc1ccc([C@H]2CCC[NH+]2CN2C(=O)C(=O)c3cc(C(C)C)ccc32)c(OC)c1. The van der Waals surface area contributed by atoms with E-state index in [1.165, 1.54) is 4.90 Å². The zero-order valence-electron chi connectivity index (χ0n) is 18.0. The van der Waals surface area contributed by atoms with E-state index in [0.717, 1.165) is 47.7 Å². The van der Waals surface area contributed by atoms with Crippen LogP contribution in [-0.4, -0.2) is 39.1 Å². The molecule has 4 rings (SSSR count). The molecule has 0 bridgehead atoms. The van der Waals surface area contributed by atoms with Gasteiger partial charge in [0.25, 0.3) is 5.78 Å². The second-order valence-electron chi connectivity index (χ2n) is 8.36. The smallest absolute Gasteiger partial charge is 0.303 e. The van der Waals surface area contributed by atoms with Gasteiger partial charge in [-0.25, -0.2) is 0 Å². The molecule has 0 radical (unpaired) electrons. The predicted molar refractivity (Wildman–Crippen MR) is 115 cm³/mol. The molecule has 2 aliphatic heterocycles. The molecule has 2 aromatic rings. The molecule has 1 amide bonds. The first kappa shape index (κ1) is 20.4. The molecule has 0 saturated carbocycles. The molecule has 2 aliphatic rings. The molecule has 1 fully saturated rings. The number of rotatable bonds is 6. The lowest BCUT2D eigenvalue weighted by Crippen LogP contribution is -3.12. The Kier molecular flexibility index (Phi) is 5.52. The van der Waals surface area contributed by atoms with Crippen molar-refractivity contribution in [3.05, 3.63) is 53.1 Å². The number of methoxy groups -OCH3 is 2. The van der Waals surface area contributed by atoms with Crippen molar-refractivity contribution in [3.8, 4) is 11.5 Å². The fourth-order valence-corrected chi connectivity index (χ4v) is 4.62. The highest BCUT2D eigenvalue weighted by molar-refractivity contribution is 6.52. The zero-order valence-corrected chi connectivity index (χ0v) is 18.0. The second kappa shape index (κ2) is 8.11. The molecule has 1 saturated heterocycles. The number of fused-ring (bicyclic) bond motifs is 1. The largest absolute Gasteiger partial charge is 0.497 e. The third kappa shape index (κ3) is 3.45. The average molecular weight is 410 g/mol. The van der Waals surface area contributed by atoms with Crippen LogP contribution in [-0.2, 0) is 4.79 Å². The Morgan fingerprint density at radius 2 is 1.90 bits per heavy atom. The average Bonchev–Trinajstić information content (AvgIpc) is 3.31. The van der Waals surface area contributed by atoms with Gasteiger partial charge >= 0.3 is 5.91 Å². The molecule has 0 aromatic heterocycles. The number of likely N-dealkylation sites (tertiary alicyclic amines) is 1. The summed E-state index contributed by atoms with van der Waals surface area (Å²) in [7, 11) is 3.30.